The summed E-state index contributed by atoms with van der Waals surface area (Å²) in [5.74, 6) is -0.146. The van der Waals surface area contributed by atoms with Crippen LogP contribution >= 0.6 is 0 Å². The summed E-state index contributed by atoms with van der Waals surface area (Å²) >= 11 is 0. The maximum atomic E-state index is 14.0. The number of H-pyrrole nitrogens is 1. The molecule has 1 saturated heterocycles. The lowest BCUT2D eigenvalue weighted by Crippen LogP contribution is -2.53. The minimum Gasteiger partial charge on any atom is -0.497 e. The van der Waals surface area contributed by atoms with E-state index in [9.17, 15) is 14.4 Å². The highest BCUT2D eigenvalue weighted by Crippen LogP contribution is 2.45. The Kier molecular flexibility index (Phi) is 5.98. The largest absolute Gasteiger partial charge is 0.497 e. The van der Waals surface area contributed by atoms with Crippen LogP contribution in [0.4, 0.5) is 4.79 Å². The van der Waals surface area contributed by atoms with E-state index in [2.05, 4.69) is 10.3 Å². The van der Waals surface area contributed by atoms with Gasteiger partial charge in [-0.25, -0.2) is 9.69 Å². The number of nitrogens with zero attached hydrogens (tertiary/aromatic N) is 2. The summed E-state index contributed by atoms with van der Waals surface area (Å²) in [4.78, 5) is 47.1. The second-order valence-electron chi connectivity index (χ2n) is 10.0. The van der Waals surface area contributed by atoms with Gasteiger partial charge >= 0.3 is 6.03 Å². The van der Waals surface area contributed by atoms with Gasteiger partial charge in [-0.15, -0.1) is 0 Å². The van der Waals surface area contributed by atoms with Crippen LogP contribution in [0.1, 0.15) is 37.6 Å². The normalized spacial score (nSPS) is 20.0. The first-order valence-electron chi connectivity index (χ1n) is 12.4. The predicted molar refractivity (Wildman–Crippen MR) is 137 cm³/mol. The third-order valence-corrected chi connectivity index (χ3v) is 7.55. The lowest BCUT2D eigenvalue weighted by atomic mass is 9.86. The van der Waals surface area contributed by atoms with Crippen LogP contribution in [0.25, 0.3) is 10.9 Å². The SMILES string of the molecule is COc1ccc(CCNC(=O)C(C(C)C)N2C(=O)N3CCc4c([nH]c5ccccc45)C3(C)C2=O)cc1. The number of carbonyl (C=O) groups excluding carboxylic acids is 3. The first-order chi connectivity index (χ1) is 17.3. The molecule has 8 heteroatoms. The van der Waals surface area contributed by atoms with Crippen molar-refractivity contribution in [3.8, 4) is 5.75 Å². The van der Waals surface area contributed by atoms with E-state index in [0.29, 0.717) is 25.9 Å². The van der Waals surface area contributed by atoms with Gasteiger partial charge in [-0.3, -0.25) is 9.59 Å². The van der Waals surface area contributed by atoms with Gasteiger partial charge in [-0.05, 0) is 55.0 Å². The summed E-state index contributed by atoms with van der Waals surface area (Å²) in [5.41, 5.74) is 2.65. The Hall–Kier alpha value is -3.81. The Morgan fingerprint density at radius 1 is 1.14 bits per heavy atom. The van der Waals surface area contributed by atoms with Gasteiger partial charge in [-0.1, -0.05) is 44.2 Å². The standard InChI is InChI=1S/C28H32N4O4/c1-17(2)23(25(33)29-15-13-18-9-11-19(36-4)12-10-18)32-26(34)28(3)24-21(14-16-31(28)27(32)35)20-7-5-6-8-22(20)30-24/h5-12,17,23,30H,13-16H2,1-4H3,(H,29,33). The highest BCUT2D eigenvalue weighted by molar-refractivity contribution is 6.11. The van der Waals surface area contributed by atoms with Gasteiger partial charge in [0.2, 0.25) is 5.91 Å². The first kappa shape index (κ1) is 23.9. The monoisotopic (exact) mass is 488 g/mol. The number of ether oxygens (including phenoxy) is 1. The summed E-state index contributed by atoms with van der Waals surface area (Å²) in [5, 5.41) is 4.02. The number of urea groups is 1. The number of rotatable bonds is 7. The van der Waals surface area contributed by atoms with Crippen LogP contribution in [-0.2, 0) is 28.0 Å². The third kappa shape index (κ3) is 3.63. The van der Waals surface area contributed by atoms with Crippen LogP contribution in [0.2, 0.25) is 0 Å². The molecule has 0 radical (unpaired) electrons. The van der Waals surface area contributed by atoms with Crippen molar-refractivity contribution in [2.45, 2.75) is 45.2 Å². The Morgan fingerprint density at radius 2 is 1.86 bits per heavy atom. The number of hydrogen-bond donors (Lipinski definition) is 2. The van der Waals surface area contributed by atoms with Crippen LogP contribution in [0.15, 0.2) is 48.5 Å². The number of carbonyl (C=O) groups is 3. The van der Waals surface area contributed by atoms with E-state index in [4.69, 9.17) is 4.74 Å². The molecule has 5 rings (SSSR count). The van der Waals surface area contributed by atoms with Crippen LogP contribution in [0.3, 0.4) is 0 Å². The summed E-state index contributed by atoms with van der Waals surface area (Å²) < 4.78 is 5.19. The van der Waals surface area contributed by atoms with Gasteiger partial charge in [0.05, 0.1) is 12.8 Å². The highest BCUT2D eigenvalue weighted by Gasteiger charge is 2.61. The fourth-order valence-electron chi connectivity index (χ4n) is 5.61. The zero-order chi connectivity index (χ0) is 25.6. The van der Waals surface area contributed by atoms with Gasteiger partial charge in [0.25, 0.3) is 5.91 Å². The molecule has 4 amide bonds. The molecule has 0 spiro atoms. The van der Waals surface area contributed by atoms with Crippen molar-refractivity contribution >= 4 is 28.7 Å². The summed E-state index contributed by atoms with van der Waals surface area (Å²) in [6, 6.07) is 14.3. The molecule has 1 aromatic heterocycles. The lowest BCUT2D eigenvalue weighted by molar-refractivity contribution is -0.140. The van der Waals surface area contributed by atoms with E-state index in [1.807, 2.05) is 62.4 Å². The van der Waals surface area contributed by atoms with E-state index in [-0.39, 0.29) is 17.7 Å². The van der Waals surface area contributed by atoms with Crippen molar-refractivity contribution in [1.29, 1.82) is 0 Å². The minimum atomic E-state index is -1.17. The quantitative estimate of drug-likeness (QED) is 0.497. The zero-order valence-corrected chi connectivity index (χ0v) is 21.1. The Morgan fingerprint density at radius 3 is 2.56 bits per heavy atom. The van der Waals surface area contributed by atoms with Gasteiger partial charge in [0, 0.05) is 24.0 Å². The van der Waals surface area contributed by atoms with Crippen LogP contribution in [-0.4, -0.2) is 58.9 Å². The van der Waals surface area contributed by atoms with E-state index >= 15 is 0 Å². The number of methoxy groups -OCH3 is 1. The Bertz CT molecular complexity index is 1330. The second-order valence-corrected chi connectivity index (χ2v) is 10.0. The Balaban J connectivity index is 1.38. The van der Waals surface area contributed by atoms with Gasteiger partial charge < -0.3 is 19.9 Å². The Labute approximate surface area is 210 Å². The van der Waals surface area contributed by atoms with Crippen molar-refractivity contribution in [2.75, 3.05) is 20.2 Å². The summed E-state index contributed by atoms with van der Waals surface area (Å²) in [7, 11) is 1.62. The third-order valence-electron chi connectivity index (χ3n) is 7.55. The molecule has 2 unspecified atom stereocenters. The molecule has 0 bridgehead atoms. The number of benzene rings is 2. The fourth-order valence-corrected chi connectivity index (χ4v) is 5.61. The van der Waals surface area contributed by atoms with Crippen molar-refractivity contribution in [3.05, 3.63) is 65.4 Å². The van der Waals surface area contributed by atoms with Crippen LogP contribution in [0.5, 0.6) is 5.75 Å². The molecule has 36 heavy (non-hydrogen) atoms. The summed E-state index contributed by atoms with van der Waals surface area (Å²) in [6.45, 7) is 6.35. The average Bonchev–Trinajstić information content (AvgIpc) is 3.34. The molecule has 3 aromatic rings. The first-order valence-corrected chi connectivity index (χ1v) is 12.4. The average molecular weight is 489 g/mol. The van der Waals surface area contributed by atoms with Crippen molar-refractivity contribution in [1.82, 2.24) is 20.1 Å². The minimum absolute atomic E-state index is 0.244. The molecule has 2 atom stereocenters. The number of para-hydroxylation sites is 1. The van der Waals surface area contributed by atoms with Gasteiger partial charge in [-0.2, -0.15) is 0 Å². The smallest absolute Gasteiger partial charge is 0.328 e. The molecule has 0 aliphatic carbocycles. The highest BCUT2D eigenvalue weighted by atomic mass is 16.5. The maximum Gasteiger partial charge on any atom is 0.328 e. The van der Waals surface area contributed by atoms with E-state index < -0.39 is 17.6 Å². The van der Waals surface area contributed by atoms with Crippen molar-refractivity contribution < 1.29 is 19.1 Å². The number of fused-ring (bicyclic) bond motifs is 5. The van der Waals surface area contributed by atoms with Gasteiger partial charge in [0.15, 0.2) is 5.54 Å². The lowest BCUT2D eigenvalue weighted by Gasteiger charge is -2.36. The fraction of sp³-hybridized carbons (Fsp3) is 0.393. The number of imide groups is 1. The van der Waals surface area contributed by atoms with E-state index in [1.54, 1.807) is 18.9 Å². The molecule has 2 aliphatic rings. The topological polar surface area (TPSA) is 94.7 Å². The van der Waals surface area contributed by atoms with Crippen molar-refractivity contribution in [2.24, 2.45) is 5.92 Å². The predicted octanol–water partition coefficient (Wildman–Crippen LogP) is 3.60. The molecule has 3 heterocycles. The molecule has 0 saturated carbocycles. The number of hydrogen-bond acceptors (Lipinski definition) is 4. The van der Waals surface area contributed by atoms with Crippen LogP contribution < -0.4 is 10.1 Å². The molecule has 2 aromatic carbocycles. The number of amides is 4. The molecule has 188 valence electrons. The number of nitrogens with one attached hydrogen (secondary N) is 2. The van der Waals surface area contributed by atoms with E-state index in [1.165, 1.54) is 4.90 Å². The molecule has 2 N–H and O–H groups in total. The molecule has 8 nitrogen and oxygen atoms in total. The molecular formula is C28H32N4O4. The van der Waals surface area contributed by atoms with Crippen molar-refractivity contribution in [3.63, 3.8) is 0 Å². The number of aromatic nitrogens is 1. The summed E-state index contributed by atoms with van der Waals surface area (Å²) in [6.07, 6.45) is 1.28. The maximum absolute atomic E-state index is 14.0. The number of aromatic amines is 1. The van der Waals surface area contributed by atoms with Gasteiger partial charge in [0.1, 0.15) is 11.8 Å². The second kappa shape index (κ2) is 9.00. The zero-order valence-electron chi connectivity index (χ0n) is 21.1. The molecule has 1 fully saturated rings. The van der Waals surface area contributed by atoms with Crippen LogP contribution in [0, 0.1) is 5.92 Å². The molecule has 2 aliphatic heterocycles. The van der Waals surface area contributed by atoms with E-state index in [0.717, 1.165) is 33.5 Å². The molecular weight excluding hydrogens is 456 g/mol.